The van der Waals surface area contributed by atoms with Crippen LogP contribution in [-0.4, -0.2) is 92.1 Å². The van der Waals surface area contributed by atoms with Gasteiger partial charge in [0.05, 0.1) is 17.8 Å². The molecule has 2 aromatic rings. The van der Waals surface area contributed by atoms with Crippen LogP contribution in [0.3, 0.4) is 0 Å². The number of alkyl halides is 9. The molecule has 0 unspecified atom stereocenters. The fourth-order valence-electron chi connectivity index (χ4n) is 5.84. The summed E-state index contributed by atoms with van der Waals surface area (Å²) in [5, 5.41) is 14.2. The van der Waals surface area contributed by atoms with Gasteiger partial charge in [-0.05, 0) is 44.6 Å². The number of carboxylic acid groups (broad SMARTS) is 2. The van der Waals surface area contributed by atoms with E-state index in [0.717, 1.165) is 70.7 Å². The lowest BCUT2D eigenvalue weighted by atomic mass is 9.43. The predicted molar refractivity (Wildman–Crippen MR) is 137 cm³/mol. The summed E-state index contributed by atoms with van der Waals surface area (Å²) in [5.41, 5.74) is 7.04. The standard InChI is InChI=1S/C22H26F3N5O2.2C2HF3O2/c23-22(24,25)32-17-8-15(9-27-18(17)26)16-10-30(19(28-16)14-2-3-14)21-11-20(12-21,13-21)29-4-1-6-31-7-5-29;2*3-2(4,5)1(6)7/h8-10,14H,1-7,11-13H2,(H2,26,27);2*(H,6,7). The molecule has 5 fully saturated rings. The Hall–Kier alpha value is -3.81. The SMILES string of the molecule is Nc1ncc(-c2cn(C34CC(N5CCCOCC5)(C3)C4)c(C3CC3)n2)cc1OC(F)(F)F.O=C(O)C(F)(F)F.O=C(O)C(F)(F)F. The number of ether oxygens (including phenoxy) is 2. The number of halogens is 9. The van der Waals surface area contributed by atoms with Crippen molar-refractivity contribution in [3.05, 3.63) is 24.3 Å². The summed E-state index contributed by atoms with van der Waals surface area (Å²) in [7, 11) is 0. The Labute approximate surface area is 254 Å². The third-order valence-corrected chi connectivity index (χ3v) is 7.94. The predicted octanol–water partition coefficient (Wildman–Crippen LogP) is 4.92. The number of nitrogens with zero attached hydrogens (tertiary/aromatic N) is 4. The number of hydrogen-bond donors (Lipinski definition) is 3. The molecular formula is C26H28F9N5O6. The smallest absolute Gasteiger partial charge is 0.475 e. The van der Waals surface area contributed by atoms with E-state index in [1.54, 1.807) is 0 Å². The van der Waals surface area contributed by atoms with Gasteiger partial charge in [-0.25, -0.2) is 19.6 Å². The van der Waals surface area contributed by atoms with Gasteiger partial charge in [0.2, 0.25) is 0 Å². The van der Waals surface area contributed by atoms with Crippen LogP contribution in [0.2, 0.25) is 0 Å². The van der Waals surface area contributed by atoms with Crippen LogP contribution in [0, 0.1) is 0 Å². The zero-order chi connectivity index (χ0) is 34.3. The molecule has 3 heterocycles. The largest absolute Gasteiger partial charge is 0.573 e. The average molecular weight is 678 g/mol. The quantitative estimate of drug-likeness (QED) is 0.372. The third kappa shape index (κ3) is 7.94. The summed E-state index contributed by atoms with van der Waals surface area (Å²) in [6.45, 7) is 3.70. The van der Waals surface area contributed by atoms with E-state index in [1.807, 2.05) is 6.20 Å². The summed E-state index contributed by atoms with van der Waals surface area (Å²) in [5.74, 6) is -4.84. The topological polar surface area (TPSA) is 153 Å². The number of carbonyl (C=O) groups is 2. The fraction of sp³-hybridized carbons (Fsp3) is 0.615. The van der Waals surface area contributed by atoms with E-state index in [2.05, 4.69) is 19.2 Å². The van der Waals surface area contributed by atoms with Gasteiger partial charge >= 0.3 is 30.7 Å². The summed E-state index contributed by atoms with van der Waals surface area (Å²) in [4.78, 5) is 29.1. The van der Waals surface area contributed by atoms with Gasteiger partial charge in [-0.1, -0.05) is 0 Å². The number of nitrogens with two attached hydrogens (primary N) is 1. The minimum absolute atomic E-state index is 0.0723. The minimum atomic E-state index is -5.08. The maximum absolute atomic E-state index is 12.7. The second-order valence-electron chi connectivity index (χ2n) is 11.3. The van der Waals surface area contributed by atoms with E-state index >= 15 is 0 Å². The number of imidazole rings is 1. The lowest BCUT2D eigenvalue weighted by molar-refractivity contribution is -0.274. The molecule has 1 aliphatic heterocycles. The van der Waals surface area contributed by atoms with E-state index < -0.39 is 36.4 Å². The molecule has 7 rings (SSSR count). The maximum Gasteiger partial charge on any atom is 0.573 e. The van der Waals surface area contributed by atoms with Crippen molar-refractivity contribution in [2.75, 3.05) is 32.0 Å². The van der Waals surface area contributed by atoms with Crippen molar-refractivity contribution < 1.29 is 68.8 Å². The number of hydrogen-bond acceptors (Lipinski definition) is 8. The van der Waals surface area contributed by atoms with Crippen molar-refractivity contribution in [2.24, 2.45) is 0 Å². The number of aliphatic carboxylic acids is 2. The lowest BCUT2D eigenvalue weighted by Gasteiger charge is -2.74. The first-order chi connectivity index (χ1) is 21.2. The van der Waals surface area contributed by atoms with Gasteiger partial charge < -0.3 is 30.0 Å². The Kier molecular flexibility index (Phi) is 9.46. The van der Waals surface area contributed by atoms with E-state index in [9.17, 15) is 39.5 Å². The molecule has 4 aliphatic carbocycles. The number of anilines is 1. The van der Waals surface area contributed by atoms with E-state index in [-0.39, 0.29) is 16.9 Å². The van der Waals surface area contributed by atoms with Crippen LogP contribution in [0.25, 0.3) is 11.3 Å². The van der Waals surface area contributed by atoms with Crippen molar-refractivity contribution in [1.29, 1.82) is 0 Å². The van der Waals surface area contributed by atoms with Crippen LogP contribution < -0.4 is 10.5 Å². The van der Waals surface area contributed by atoms with Crippen LogP contribution in [-0.2, 0) is 19.9 Å². The van der Waals surface area contributed by atoms with E-state index in [1.165, 1.54) is 12.3 Å². The summed E-state index contributed by atoms with van der Waals surface area (Å²) < 4.78 is 114. The van der Waals surface area contributed by atoms with Crippen LogP contribution >= 0.6 is 0 Å². The van der Waals surface area contributed by atoms with Crippen molar-refractivity contribution in [3.63, 3.8) is 0 Å². The summed E-state index contributed by atoms with van der Waals surface area (Å²) in [6.07, 6.45) is -4.98. The average Bonchev–Trinajstić information content (AvgIpc) is 3.67. The Morgan fingerprint density at radius 3 is 2.00 bits per heavy atom. The highest BCUT2D eigenvalue weighted by atomic mass is 19.4. The zero-order valence-corrected chi connectivity index (χ0v) is 23.7. The fourth-order valence-corrected chi connectivity index (χ4v) is 5.84. The van der Waals surface area contributed by atoms with Gasteiger partial charge in [0.25, 0.3) is 0 Å². The summed E-state index contributed by atoms with van der Waals surface area (Å²) >= 11 is 0. The highest BCUT2D eigenvalue weighted by Gasteiger charge is 2.71. The number of rotatable bonds is 5. The Bertz CT molecular complexity index is 1390. The molecule has 5 aliphatic rings. The first-order valence-corrected chi connectivity index (χ1v) is 13.7. The Morgan fingerprint density at radius 2 is 1.50 bits per heavy atom. The van der Waals surface area contributed by atoms with Gasteiger partial charge in [0.1, 0.15) is 5.82 Å². The molecule has 4 N–H and O–H groups in total. The zero-order valence-electron chi connectivity index (χ0n) is 23.7. The van der Waals surface area contributed by atoms with Gasteiger partial charge in [0, 0.05) is 49.1 Å². The van der Waals surface area contributed by atoms with Crippen molar-refractivity contribution in [1.82, 2.24) is 19.4 Å². The molecule has 2 aromatic heterocycles. The first kappa shape index (κ1) is 35.1. The third-order valence-electron chi connectivity index (χ3n) is 7.94. The molecule has 20 heteroatoms. The lowest BCUT2D eigenvalue weighted by Crippen LogP contribution is -2.78. The molecular weight excluding hydrogens is 649 g/mol. The van der Waals surface area contributed by atoms with E-state index in [0.29, 0.717) is 17.2 Å². The highest BCUT2D eigenvalue weighted by molar-refractivity contribution is 5.73. The molecule has 0 aromatic carbocycles. The van der Waals surface area contributed by atoms with Gasteiger partial charge in [0.15, 0.2) is 11.6 Å². The second kappa shape index (κ2) is 12.4. The van der Waals surface area contributed by atoms with Crippen molar-refractivity contribution in [2.45, 2.75) is 74.2 Å². The molecule has 0 radical (unpaired) electrons. The Balaban J connectivity index is 0.000000289. The van der Waals surface area contributed by atoms with Crippen LogP contribution in [0.4, 0.5) is 45.3 Å². The van der Waals surface area contributed by atoms with Crippen molar-refractivity contribution in [3.8, 4) is 17.0 Å². The molecule has 2 bridgehead atoms. The van der Waals surface area contributed by atoms with Crippen LogP contribution in [0.15, 0.2) is 18.5 Å². The molecule has 256 valence electrons. The van der Waals surface area contributed by atoms with Gasteiger partial charge in [-0.2, -0.15) is 26.3 Å². The molecule has 4 saturated carbocycles. The van der Waals surface area contributed by atoms with Crippen LogP contribution in [0.1, 0.15) is 50.3 Å². The van der Waals surface area contributed by atoms with Crippen LogP contribution in [0.5, 0.6) is 5.75 Å². The number of carboxylic acids is 2. The number of aromatic nitrogens is 3. The molecule has 46 heavy (non-hydrogen) atoms. The Morgan fingerprint density at radius 1 is 0.935 bits per heavy atom. The normalized spacial score (nSPS) is 24.5. The second-order valence-corrected chi connectivity index (χ2v) is 11.3. The molecule has 0 amide bonds. The monoisotopic (exact) mass is 677 g/mol. The van der Waals surface area contributed by atoms with E-state index in [4.69, 9.17) is 35.3 Å². The van der Waals surface area contributed by atoms with Crippen molar-refractivity contribution >= 4 is 17.8 Å². The molecule has 11 nitrogen and oxygen atoms in total. The number of nitrogen functional groups attached to an aromatic ring is 1. The molecule has 1 saturated heterocycles. The maximum atomic E-state index is 12.7. The molecule has 0 atom stereocenters. The van der Waals surface area contributed by atoms with Gasteiger partial charge in [-0.15, -0.1) is 13.2 Å². The van der Waals surface area contributed by atoms with Gasteiger partial charge in [-0.3, -0.25) is 4.90 Å². The number of pyridine rings is 1. The highest BCUT2D eigenvalue weighted by Crippen LogP contribution is 2.69. The molecule has 0 spiro atoms. The first-order valence-electron chi connectivity index (χ1n) is 13.7. The minimum Gasteiger partial charge on any atom is -0.475 e. The summed E-state index contributed by atoms with van der Waals surface area (Å²) in [6, 6.07) is 1.28.